The number of benzene rings is 2. The maximum atomic E-state index is 14.2. The fourth-order valence-corrected chi connectivity index (χ4v) is 4.09. The van der Waals surface area contributed by atoms with Crippen molar-refractivity contribution in [1.29, 1.82) is 0 Å². The second kappa shape index (κ2) is 10.2. The van der Waals surface area contributed by atoms with E-state index in [2.05, 4.69) is 21.2 Å². The van der Waals surface area contributed by atoms with Crippen LogP contribution in [0, 0.1) is 12.7 Å². The summed E-state index contributed by atoms with van der Waals surface area (Å²) in [6, 6.07) is 9.89. The summed E-state index contributed by atoms with van der Waals surface area (Å²) < 4.78 is 40.9. The Morgan fingerprint density at radius 3 is 2.39 bits per heavy atom. The molecule has 2 aromatic rings. The van der Waals surface area contributed by atoms with Crippen LogP contribution in [0.2, 0.25) is 0 Å². The van der Waals surface area contributed by atoms with Crippen molar-refractivity contribution in [2.24, 2.45) is 0 Å². The molecule has 7 nitrogen and oxygen atoms in total. The minimum atomic E-state index is -3.81. The zero-order valence-corrected chi connectivity index (χ0v) is 20.1. The summed E-state index contributed by atoms with van der Waals surface area (Å²) in [6.45, 7) is 2.59. The van der Waals surface area contributed by atoms with Gasteiger partial charge in [-0.25, -0.2) is 12.8 Å². The van der Waals surface area contributed by atoms with Crippen LogP contribution in [0.3, 0.4) is 0 Å². The van der Waals surface area contributed by atoms with Gasteiger partial charge in [-0.3, -0.25) is 13.9 Å². The lowest BCUT2D eigenvalue weighted by Gasteiger charge is -2.31. The summed E-state index contributed by atoms with van der Waals surface area (Å²) in [5.41, 5.74) is 1.33. The molecule has 2 amide bonds. The van der Waals surface area contributed by atoms with E-state index in [1.165, 1.54) is 37.1 Å². The molecule has 0 aliphatic heterocycles. The summed E-state index contributed by atoms with van der Waals surface area (Å²) in [5.74, 6) is -1.60. The van der Waals surface area contributed by atoms with E-state index in [-0.39, 0.29) is 12.1 Å². The Morgan fingerprint density at radius 1 is 1.19 bits per heavy atom. The van der Waals surface area contributed by atoms with Crippen LogP contribution >= 0.6 is 15.9 Å². The van der Waals surface area contributed by atoms with E-state index in [9.17, 15) is 22.4 Å². The Kier molecular flexibility index (Phi) is 8.19. The standard InChI is InChI=1S/C21H25BrFN3O4S/c1-14-11-17(9-10-18(14)22)26(31(4,29)30)13-20(27)25(15(2)21(28)24-3)12-16-7-5-6-8-19(16)23/h5-11,15H,12-13H2,1-4H3,(H,24,28)/t15-/m1/s1. The van der Waals surface area contributed by atoms with Crippen molar-refractivity contribution in [1.82, 2.24) is 10.2 Å². The Morgan fingerprint density at radius 2 is 1.84 bits per heavy atom. The van der Waals surface area contributed by atoms with Crippen molar-refractivity contribution >= 4 is 43.5 Å². The number of carbonyl (C=O) groups excluding carboxylic acids is 2. The van der Waals surface area contributed by atoms with E-state index in [4.69, 9.17) is 0 Å². The predicted molar refractivity (Wildman–Crippen MR) is 122 cm³/mol. The number of amides is 2. The molecule has 168 valence electrons. The second-order valence-electron chi connectivity index (χ2n) is 7.11. The quantitative estimate of drug-likeness (QED) is 0.587. The summed E-state index contributed by atoms with van der Waals surface area (Å²) in [7, 11) is -2.38. The first-order chi connectivity index (χ1) is 14.5. The van der Waals surface area contributed by atoms with Crippen molar-refractivity contribution in [2.75, 3.05) is 24.2 Å². The Hall–Kier alpha value is -2.46. The third kappa shape index (κ3) is 6.27. The molecule has 0 unspecified atom stereocenters. The lowest BCUT2D eigenvalue weighted by Crippen LogP contribution is -2.50. The molecule has 0 radical (unpaired) electrons. The second-order valence-corrected chi connectivity index (χ2v) is 9.87. The van der Waals surface area contributed by atoms with Crippen molar-refractivity contribution in [2.45, 2.75) is 26.4 Å². The highest BCUT2D eigenvalue weighted by atomic mass is 79.9. The molecule has 0 heterocycles. The molecule has 0 aromatic heterocycles. The van der Waals surface area contributed by atoms with Crippen LogP contribution in [0.5, 0.6) is 0 Å². The Labute approximate surface area is 190 Å². The van der Waals surface area contributed by atoms with Crippen LogP contribution in [-0.4, -0.2) is 51.0 Å². The molecule has 0 fully saturated rings. The van der Waals surface area contributed by atoms with Gasteiger partial charge in [0.2, 0.25) is 21.8 Å². The number of halogens is 2. The first-order valence-corrected chi connectivity index (χ1v) is 12.1. The van der Waals surface area contributed by atoms with Crippen LogP contribution in [0.4, 0.5) is 10.1 Å². The summed E-state index contributed by atoms with van der Waals surface area (Å²) in [4.78, 5) is 26.6. The van der Waals surface area contributed by atoms with Crippen LogP contribution in [0.1, 0.15) is 18.1 Å². The highest BCUT2D eigenvalue weighted by molar-refractivity contribution is 9.10. The summed E-state index contributed by atoms with van der Waals surface area (Å²) in [5, 5.41) is 2.47. The lowest BCUT2D eigenvalue weighted by atomic mass is 10.1. The van der Waals surface area contributed by atoms with Crippen LogP contribution in [-0.2, 0) is 26.2 Å². The molecule has 0 bridgehead atoms. The molecule has 31 heavy (non-hydrogen) atoms. The molecule has 0 spiro atoms. The van der Waals surface area contributed by atoms with Crippen LogP contribution in [0.15, 0.2) is 46.9 Å². The number of hydrogen-bond donors (Lipinski definition) is 1. The third-order valence-electron chi connectivity index (χ3n) is 4.82. The van der Waals surface area contributed by atoms with Gasteiger partial charge < -0.3 is 10.2 Å². The molecular formula is C21H25BrFN3O4S. The third-order valence-corrected chi connectivity index (χ3v) is 6.85. The van der Waals surface area contributed by atoms with Crippen LogP contribution in [0.25, 0.3) is 0 Å². The minimum Gasteiger partial charge on any atom is -0.357 e. The minimum absolute atomic E-state index is 0.183. The maximum absolute atomic E-state index is 14.2. The van der Waals surface area contributed by atoms with Gasteiger partial charge in [-0.15, -0.1) is 0 Å². The van der Waals surface area contributed by atoms with E-state index >= 15 is 0 Å². The number of nitrogens with one attached hydrogen (secondary N) is 1. The van der Waals surface area contributed by atoms with Gasteiger partial charge in [-0.05, 0) is 43.7 Å². The topological polar surface area (TPSA) is 86.8 Å². The number of nitrogens with zero attached hydrogens (tertiary/aromatic N) is 2. The van der Waals surface area contributed by atoms with Gasteiger partial charge in [0.1, 0.15) is 18.4 Å². The molecular weight excluding hydrogens is 489 g/mol. The number of aryl methyl sites for hydroxylation is 1. The Bertz CT molecular complexity index is 1080. The van der Waals surface area contributed by atoms with Gasteiger partial charge in [0.25, 0.3) is 0 Å². The zero-order valence-electron chi connectivity index (χ0n) is 17.7. The molecule has 0 saturated carbocycles. The lowest BCUT2D eigenvalue weighted by molar-refractivity contribution is -0.139. The highest BCUT2D eigenvalue weighted by Crippen LogP contribution is 2.25. The van der Waals surface area contributed by atoms with Gasteiger partial charge in [0, 0.05) is 23.6 Å². The van der Waals surface area contributed by atoms with Gasteiger partial charge >= 0.3 is 0 Å². The van der Waals surface area contributed by atoms with E-state index in [1.807, 2.05) is 0 Å². The fraction of sp³-hybridized carbons (Fsp3) is 0.333. The molecule has 2 rings (SSSR count). The number of sulfonamides is 1. The number of hydrogen-bond acceptors (Lipinski definition) is 4. The zero-order chi connectivity index (χ0) is 23.3. The van der Waals surface area contributed by atoms with Crippen molar-refractivity contribution in [3.05, 3.63) is 63.9 Å². The molecule has 1 atom stereocenters. The summed E-state index contributed by atoms with van der Waals surface area (Å²) in [6.07, 6.45) is 1.00. The molecule has 0 saturated heterocycles. The average molecular weight is 514 g/mol. The number of likely N-dealkylation sites (N-methyl/N-ethyl adjacent to an activating group) is 1. The fourth-order valence-electron chi connectivity index (χ4n) is 3.00. The summed E-state index contributed by atoms with van der Waals surface area (Å²) >= 11 is 3.37. The number of carbonyl (C=O) groups is 2. The van der Waals surface area contributed by atoms with E-state index in [1.54, 1.807) is 31.2 Å². The average Bonchev–Trinajstić information content (AvgIpc) is 2.71. The van der Waals surface area contributed by atoms with E-state index < -0.39 is 40.2 Å². The predicted octanol–water partition coefficient (Wildman–Crippen LogP) is 2.83. The van der Waals surface area contributed by atoms with Crippen molar-refractivity contribution in [3.63, 3.8) is 0 Å². The van der Waals surface area contributed by atoms with Crippen molar-refractivity contribution in [3.8, 4) is 0 Å². The molecule has 0 aliphatic rings. The SMILES string of the molecule is CNC(=O)[C@@H](C)N(Cc1ccccc1F)C(=O)CN(c1ccc(Br)c(C)c1)S(C)(=O)=O. The molecule has 10 heteroatoms. The smallest absolute Gasteiger partial charge is 0.244 e. The first-order valence-electron chi connectivity index (χ1n) is 9.44. The molecule has 1 N–H and O–H groups in total. The van der Waals surface area contributed by atoms with Gasteiger partial charge in [-0.2, -0.15) is 0 Å². The number of rotatable bonds is 8. The van der Waals surface area contributed by atoms with E-state index in [0.29, 0.717) is 5.69 Å². The highest BCUT2D eigenvalue weighted by Gasteiger charge is 2.30. The maximum Gasteiger partial charge on any atom is 0.244 e. The van der Waals surface area contributed by atoms with Gasteiger partial charge in [-0.1, -0.05) is 34.1 Å². The van der Waals surface area contributed by atoms with Gasteiger partial charge in [0.15, 0.2) is 0 Å². The largest absolute Gasteiger partial charge is 0.357 e. The van der Waals surface area contributed by atoms with E-state index in [0.717, 1.165) is 20.6 Å². The number of anilines is 1. The normalized spacial score (nSPS) is 12.2. The van der Waals surface area contributed by atoms with Gasteiger partial charge in [0.05, 0.1) is 11.9 Å². The Balaban J connectivity index is 2.42. The van der Waals surface area contributed by atoms with Crippen molar-refractivity contribution < 1.29 is 22.4 Å². The molecule has 2 aromatic carbocycles. The van der Waals surface area contributed by atoms with Crippen LogP contribution < -0.4 is 9.62 Å². The molecule has 0 aliphatic carbocycles. The monoisotopic (exact) mass is 513 g/mol. The first kappa shape index (κ1) is 24.8.